The summed E-state index contributed by atoms with van der Waals surface area (Å²) in [7, 11) is 1.78. The van der Waals surface area contributed by atoms with Crippen molar-refractivity contribution in [1.29, 1.82) is 0 Å². The lowest BCUT2D eigenvalue weighted by Crippen LogP contribution is -2.37. The molecule has 0 aliphatic rings. The van der Waals surface area contributed by atoms with Crippen LogP contribution in [0.3, 0.4) is 0 Å². The van der Waals surface area contributed by atoms with E-state index in [1.807, 2.05) is 30.5 Å². The lowest BCUT2D eigenvalue weighted by molar-refractivity contribution is 0.624. The van der Waals surface area contributed by atoms with Crippen molar-refractivity contribution in [3.63, 3.8) is 0 Å². The van der Waals surface area contributed by atoms with Crippen LogP contribution in [0.4, 0.5) is 0 Å². The first-order valence-electron chi connectivity index (χ1n) is 10.1. The van der Waals surface area contributed by atoms with Gasteiger partial charge in [-0.2, -0.15) is 5.10 Å². The predicted molar refractivity (Wildman–Crippen MR) is 134 cm³/mol. The number of nitrogens with zero attached hydrogens (tertiary/aromatic N) is 6. The number of hydrogen-bond acceptors (Lipinski definition) is 4. The zero-order valence-corrected chi connectivity index (χ0v) is 20.0. The van der Waals surface area contributed by atoms with Crippen molar-refractivity contribution in [2.24, 2.45) is 4.99 Å². The number of hydrogen-bond donors (Lipinski definition) is 2. The quantitative estimate of drug-likeness (QED) is 0.166. The summed E-state index contributed by atoms with van der Waals surface area (Å²) in [4.78, 5) is 13.3. The molecule has 0 aliphatic heterocycles. The Morgan fingerprint density at radius 1 is 1.10 bits per heavy atom. The molecule has 1 aromatic carbocycles. The van der Waals surface area contributed by atoms with Gasteiger partial charge in [0.05, 0.1) is 11.0 Å². The number of aromatic nitrogens is 5. The standard InChI is InChI=1S/C22H26N8.HI/c1-17-28-19-7-3-4-8-20(19)29(17)13-5-10-25-22(23-2)26-16-18-9-12-24-21(15-18)30-14-6-11-27-30;/h3-4,6-9,11-12,14-15H,5,10,13,16H2,1-2H3,(H2,23,25,26);1H. The first kappa shape index (κ1) is 22.7. The molecule has 0 saturated heterocycles. The largest absolute Gasteiger partial charge is 0.356 e. The summed E-state index contributed by atoms with van der Waals surface area (Å²) in [5.74, 6) is 2.62. The second-order valence-electron chi connectivity index (χ2n) is 6.98. The van der Waals surface area contributed by atoms with Gasteiger partial charge in [0.2, 0.25) is 0 Å². The number of nitrogens with one attached hydrogen (secondary N) is 2. The third kappa shape index (κ3) is 5.60. The second kappa shape index (κ2) is 10.9. The highest BCUT2D eigenvalue weighted by Crippen LogP contribution is 2.15. The van der Waals surface area contributed by atoms with E-state index < -0.39 is 0 Å². The first-order valence-corrected chi connectivity index (χ1v) is 10.1. The smallest absolute Gasteiger partial charge is 0.191 e. The van der Waals surface area contributed by atoms with Gasteiger partial charge in [0.25, 0.3) is 0 Å². The molecule has 0 amide bonds. The minimum Gasteiger partial charge on any atom is -0.356 e. The zero-order valence-electron chi connectivity index (χ0n) is 17.7. The van der Waals surface area contributed by atoms with E-state index in [2.05, 4.69) is 60.4 Å². The third-order valence-electron chi connectivity index (χ3n) is 4.93. The fourth-order valence-electron chi connectivity index (χ4n) is 3.43. The molecule has 0 bridgehead atoms. The van der Waals surface area contributed by atoms with Gasteiger partial charge >= 0.3 is 0 Å². The van der Waals surface area contributed by atoms with Crippen LogP contribution in [-0.4, -0.2) is 43.9 Å². The summed E-state index contributed by atoms with van der Waals surface area (Å²) in [6, 6.07) is 14.1. The van der Waals surface area contributed by atoms with Gasteiger partial charge < -0.3 is 15.2 Å². The van der Waals surface area contributed by atoms with Crippen molar-refractivity contribution < 1.29 is 0 Å². The Kier molecular flexibility index (Phi) is 7.99. The van der Waals surface area contributed by atoms with Gasteiger partial charge in [-0.25, -0.2) is 14.6 Å². The molecule has 0 radical (unpaired) electrons. The molecule has 0 atom stereocenters. The Labute approximate surface area is 198 Å². The van der Waals surface area contributed by atoms with Gasteiger partial charge in [-0.1, -0.05) is 12.1 Å². The van der Waals surface area contributed by atoms with Crippen LogP contribution in [0.2, 0.25) is 0 Å². The molecular weight excluding hydrogens is 503 g/mol. The Morgan fingerprint density at radius 2 is 1.97 bits per heavy atom. The van der Waals surface area contributed by atoms with Crippen LogP contribution < -0.4 is 10.6 Å². The highest BCUT2D eigenvalue weighted by Gasteiger charge is 2.06. The number of halogens is 1. The minimum absolute atomic E-state index is 0. The summed E-state index contributed by atoms with van der Waals surface area (Å²) in [5.41, 5.74) is 3.34. The molecule has 8 nitrogen and oxygen atoms in total. The van der Waals surface area contributed by atoms with E-state index in [1.54, 1.807) is 24.1 Å². The van der Waals surface area contributed by atoms with Crippen LogP contribution >= 0.6 is 24.0 Å². The second-order valence-corrected chi connectivity index (χ2v) is 6.98. The molecule has 0 aliphatic carbocycles. The van der Waals surface area contributed by atoms with Crippen LogP contribution in [-0.2, 0) is 13.1 Å². The van der Waals surface area contributed by atoms with Crippen LogP contribution in [0, 0.1) is 6.92 Å². The summed E-state index contributed by atoms with van der Waals surface area (Å²) in [6.07, 6.45) is 6.39. The van der Waals surface area contributed by atoms with Crippen LogP contribution in [0.15, 0.2) is 66.0 Å². The monoisotopic (exact) mass is 530 g/mol. The van der Waals surface area contributed by atoms with E-state index in [1.165, 1.54) is 5.52 Å². The molecule has 0 fully saturated rings. The lowest BCUT2D eigenvalue weighted by Gasteiger charge is -2.13. The molecular formula is C22H27IN8. The zero-order chi connectivity index (χ0) is 20.8. The first-order chi connectivity index (χ1) is 14.7. The van der Waals surface area contributed by atoms with E-state index in [-0.39, 0.29) is 24.0 Å². The van der Waals surface area contributed by atoms with Gasteiger partial charge in [0, 0.05) is 45.3 Å². The molecule has 4 rings (SSSR count). The van der Waals surface area contributed by atoms with E-state index in [4.69, 9.17) is 0 Å². The Bertz CT molecular complexity index is 1130. The summed E-state index contributed by atoms with van der Waals surface area (Å²) >= 11 is 0. The number of aryl methyl sites for hydroxylation is 2. The molecule has 4 aromatic rings. The molecule has 2 N–H and O–H groups in total. The summed E-state index contributed by atoms with van der Waals surface area (Å²) < 4.78 is 4.01. The summed E-state index contributed by atoms with van der Waals surface area (Å²) in [5, 5.41) is 11.0. The molecule has 3 heterocycles. The van der Waals surface area contributed by atoms with Gasteiger partial charge in [-0.15, -0.1) is 24.0 Å². The minimum atomic E-state index is 0. The molecule has 0 spiro atoms. The average molecular weight is 530 g/mol. The fraction of sp³-hybridized carbons (Fsp3) is 0.273. The Morgan fingerprint density at radius 3 is 2.77 bits per heavy atom. The normalized spacial score (nSPS) is 11.4. The highest BCUT2D eigenvalue weighted by atomic mass is 127. The van der Waals surface area contributed by atoms with Crippen LogP contribution in [0.5, 0.6) is 0 Å². The molecule has 9 heteroatoms. The van der Waals surface area contributed by atoms with E-state index in [9.17, 15) is 0 Å². The molecule has 0 saturated carbocycles. The van der Waals surface area contributed by atoms with Crippen LogP contribution in [0.25, 0.3) is 16.9 Å². The maximum Gasteiger partial charge on any atom is 0.191 e. The van der Waals surface area contributed by atoms with E-state index >= 15 is 0 Å². The predicted octanol–water partition coefficient (Wildman–Crippen LogP) is 3.30. The SMILES string of the molecule is CN=C(NCCCn1c(C)nc2ccccc21)NCc1ccnc(-n2cccn2)c1.I. The number of pyridine rings is 1. The Hall–Kier alpha value is -2.95. The molecule has 31 heavy (non-hydrogen) atoms. The van der Waals surface area contributed by atoms with Crippen molar-refractivity contribution in [3.05, 3.63) is 72.4 Å². The summed E-state index contributed by atoms with van der Waals surface area (Å²) in [6.45, 7) is 4.44. The van der Waals surface area contributed by atoms with Crippen molar-refractivity contribution in [1.82, 2.24) is 34.9 Å². The van der Waals surface area contributed by atoms with E-state index in [0.29, 0.717) is 6.54 Å². The highest BCUT2D eigenvalue weighted by molar-refractivity contribution is 14.0. The van der Waals surface area contributed by atoms with Gasteiger partial charge in [0.1, 0.15) is 5.82 Å². The van der Waals surface area contributed by atoms with Crippen molar-refractivity contribution >= 4 is 41.0 Å². The average Bonchev–Trinajstić information content (AvgIpc) is 3.41. The number of benzene rings is 1. The van der Waals surface area contributed by atoms with E-state index in [0.717, 1.165) is 48.2 Å². The van der Waals surface area contributed by atoms with Gasteiger partial charge in [-0.3, -0.25) is 4.99 Å². The number of rotatable bonds is 7. The maximum atomic E-state index is 4.63. The molecule has 162 valence electrons. The maximum absolute atomic E-state index is 4.63. The number of fused-ring (bicyclic) bond motifs is 1. The Balaban J connectivity index is 0.00000272. The van der Waals surface area contributed by atoms with Crippen LogP contribution in [0.1, 0.15) is 17.8 Å². The topological polar surface area (TPSA) is 85.0 Å². The number of aliphatic imine (C=N–C) groups is 1. The lowest BCUT2D eigenvalue weighted by atomic mass is 10.2. The van der Waals surface area contributed by atoms with Crippen molar-refractivity contribution in [3.8, 4) is 5.82 Å². The molecule has 0 unspecified atom stereocenters. The number of imidazole rings is 1. The number of para-hydroxylation sites is 2. The van der Waals surface area contributed by atoms with Crippen molar-refractivity contribution in [2.45, 2.75) is 26.4 Å². The van der Waals surface area contributed by atoms with Crippen molar-refractivity contribution in [2.75, 3.05) is 13.6 Å². The number of guanidine groups is 1. The van der Waals surface area contributed by atoms with Gasteiger partial charge in [0.15, 0.2) is 11.8 Å². The molecule has 3 aromatic heterocycles. The third-order valence-corrected chi connectivity index (χ3v) is 4.93. The fourth-order valence-corrected chi connectivity index (χ4v) is 3.43. The van der Waals surface area contributed by atoms with Gasteiger partial charge in [-0.05, 0) is 49.2 Å².